The van der Waals surface area contributed by atoms with Crippen molar-refractivity contribution in [1.82, 2.24) is 0 Å². The lowest BCUT2D eigenvalue weighted by atomic mass is 9.97. The molecule has 1 heterocycles. The zero-order chi connectivity index (χ0) is 13.9. The fourth-order valence-electron chi connectivity index (χ4n) is 2.61. The third-order valence-electron chi connectivity index (χ3n) is 3.77. The molecule has 3 rings (SSSR count). The summed E-state index contributed by atoms with van der Waals surface area (Å²) in [7, 11) is 0. The predicted octanol–water partition coefficient (Wildman–Crippen LogP) is 2.81. The molecule has 20 heavy (non-hydrogen) atoms. The molecule has 1 unspecified atom stereocenters. The van der Waals surface area contributed by atoms with Gasteiger partial charge in [-0.3, -0.25) is 4.79 Å². The average Bonchev–Trinajstić information content (AvgIpc) is 2.85. The molecule has 3 N–H and O–H groups in total. The molecule has 1 atom stereocenters. The summed E-state index contributed by atoms with van der Waals surface area (Å²) in [6.07, 6.45) is 2.34. The Morgan fingerprint density at radius 1 is 1.15 bits per heavy atom. The van der Waals surface area contributed by atoms with E-state index in [1.165, 1.54) is 5.56 Å². The van der Waals surface area contributed by atoms with Crippen LogP contribution in [0.5, 0.6) is 0 Å². The van der Waals surface area contributed by atoms with Crippen LogP contribution in [-0.4, -0.2) is 5.91 Å². The van der Waals surface area contributed by atoms with Gasteiger partial charge in [0, 0.05) is 11.7 Å². The lowest BCUT2D eigenvalue weighted by Gasteiger charge is -2.13. The first-order valence-electron chi connectivity index (χ1n) is 6.94. The number of hydrogen-bond acceptors (Lipinski definition) is 2. The second kappa shape index (κ2) is 5.47. The number of nitrogens with two attached hydrogens (primary N) is 1. The van der Waals surface area contributed by atoms with E-state index in [0.29, 0.717) is 6.42 Å². The van der Waals surface area contributed by atoms with Crippen molar-refractivity contribution in [1.29, 1.82) is 0 Å². The largest absolute Gasteiger partial charge is 0.326 e. The van der Waals surface area contributed by atoms with Crippen LogP contribution in [0.3, 0.4) is 0 Å². The van der Waals surface area contributed by atoms with Crippen molar-refractivity contribution in [2.75, 3.05) is 5.32 Å². The normalized spacial score (nSPS) is 14.8. The van der Waals surface area contributed by atoms with E-state index < -0.39 is 0 Å². The van der Waals surface area contributed by atoms with Crippen molar-refractivity contribution in [3.8, 4) is 0 Å². The smallest absolute Gasteiger partial charge is 0.228 e. The molecule has 2 aromatic rings. The number of fused-ring (bicyclic) bond motifs is 1. The van der Waals surface area contributed by atoms with E-state index in [2.05, 4.69) is 23.5 Å². The van der Waals surface area contributed by atoms with Crippen LogP contribution in [0.15, 0.2) is 48.5 Å². The summed E-state index contributed by atoms with van der Waals surface area (Å²) in [5, 5.41) is 2.84. The highest BCUT2D eigenvalue weighted by Crippen LogP contribution is 2.27. The summed E-state index contributed by atoms with van der Waals surface area (Å²) >= 11 is 0. The van der Waals surface area contributed by atoms with Crippen LogP contribution in [0.2, 0.25) is 0 Å². The maximum absolute atomic E-state index is 11.3. The molecule has 0 aromatic heterocycles. The van der Waals surface area contributed by atoms with Crippen LogP contribution in [-0.2, 0) is 17.6 Å². The monoisotopic (exact) mass is 266 g/mol. The highest BCUT2D eigenvalue weighted by molar-refractivity contribution is 5.99. The van der Waals surface area contributed by atoms with Gasteiger partial charge in [0.25, 0.3) is 0 Å². The van der Waals surface area contributed by atoms with Gasteiger partial charge >= 0.3 is 0 Å². The number of benzene rings is 2. The Bertz CT molecular complexity index is 622. The van der Waals surface area contributed by atoms with Gasteiger partial charge in [-0.25, -0.2) is 0 Å². The summed E-state index contributed by atoms with van der Waals surface area (Å²) in [5.74, 6) is 0.0648. The molecule has 102 valence electrons. The quantitative estimate of drug-likeness (QED) is 0.894. The SMILES string of the molecule is NC(CCc1ccccc1)c1ccc2c(c1)CC(=O)N2. The third kappa shape index (κ3) is 2.73. The van der Waals surface area contributed by atoms with Gasteiger partial charge in [-0.15, -0.1) is 0 Å². The van der Waals surface area contributed by atoms with Gasteiger partial charge in [0.05, 0.1) is 6.42 Å². The number of aryl methyl sites for hydroxylation is 1. The van der Waals surface area contributed by atoms with Crippen LogP contribution >= 0.6 is 0 Å². The van der Waals surface area contributed by atoms with Crippen LogP contribution in [0.25, 0.3) is 0 Å². The summed E-state index contributed by atoms with van der Waals surface area (Å²) in [4.78, 5) is 11.3. The van der Waals surface area contributed by atoms with Crippen molar-refractivity contribution in [2.45, 2.75) is 25.3 Å². The first kappa shape index (κ1) is 12.9. The fraction of sp³-hybridized carbons (Fsp3) is 0.235. The lowest BCUT2D eigenvalue weighted by molar-refractivity contribution is -0.115. The molecular weight excluding hydrogens is 248 g/mol. The van der Waals surface area contributed by atoms with Crippen LogP contribution in [0.1, 0.15) is 29.2 Å². The van der Waals surface area contributed by atoms with Gasteiger partial charge < -0.3 is 11.1 Å². The molecule has 1 aliphatic rings. The van der Waals surface area contributed by atoms with E-state index in [9.17, 15) is 4.79 Å². The van der Waals surface area contributed by atoms with Gasteiger partial charge in [0.1, 0.15) is 0 Å². The molecule has 1 aliphatic heterocycles. The fourth-order valence-corrected chi connectivity index (χ4v) is 2.61. The molecule has 0 bridgehead atoms. The highest BCUT2D eigenvalue weighted by Gasteiger charge is 2.18. The minimum absolute atomic E-state index is 0.0104. The van der Waals surface area contributed by atoms with Crippen molar-refractivity contribution in [2.24, 2.45) is 5.73 Å². The first-order chi connectivity index (χ1) is 9.72. The lowest BCUT2D eigenvalue weighted by Crippen LogP contribution is -2.11. The van der Waals surface area contributed by atoms with Gasteiger partial charge in [0.2, 0.25) is 5.91 Å². The Labute approximate surface area is 118 Å². The second-order valence-corrected chi connectivity index (χ2v) is 5.27. The zero-order valence-electron chi connectivity index (χ0n) is 11.3. The van der Waals surface area contributed by atoms with Crippen molar-refractivity contribution in [3.63, 3.8) is 0 Å². The maximum Gasteiger partial charge on any atom is 0.228 e. The molecule has 2 aromatic carbocycles. The number of carbonyl (C=O) groups is 1. The van der Waals surface area contributed by atoms with E-state index >= 15 is 0 Å². The second-order valence-electron chi connectivity index (χ2n) is 5.27. The Balaban J connectivity index is 1.67. The number of carbonyl (C=O) groups excluding carboxylic acids is 1. The van der Waals surface area contributed by atoms with E-state index in [1.807, 2.05) is 30.3 Å². The predicted molar refractivity (Wildman–Crippen MR) is 80.5 cm³/mol. The van der Waals surface area contributed by atoms with Gasteiger partial charge in [-0.05, 0) is 35.6 Å². The van der Waals surface area contributed by atoms with Crippen molar-refractivity contribution < 1.29 is 4.79 Å². The summed E-state index contributed by atoms with van der Waals surface area (Å²) in [5.41, 5.74) is 10.7. The number of anilines is 1. The molecule has 0 fully saturated rings. The Morgan fingerprint density at radius 2 is 1.95 bits per heavy atom. The van der Waals surface area contributed by atoms with Crippen molar-refractivity contribution in [3.05, 3.63) is 65.2 Å². The summed E-state index contributed by atoms with van der Waals surface area (Å²) in [6, 6.07) is 16.4. The van der Waals surface area contributed by atoms with Crippen LogP contribution in [0, 0.1) is 0 Å². The van der Waals surface area contributed by atoms with E-state index in [1.54, 1.807) is 0 Å². The maximum atomic E-state index is 11.3. The minimum atomic E-state index is 0.0104. The van der Waals surface area contributed by atoms with Gasteiger partial charge in [-0.2, -0.15) is 0 Å². The number of rotatable bonds is 4. The minimum Gasteiger partial charge on any atom is -0.326 e. The zero-order valence-corrected chi connectivity index (χ0v) is 11.3. The van der Waals surface area contributed by atoms with Crippen LogP contribution in [0.4, 0.5) is 5.69 Å². The van der Waals surface area contributed by atoms with E-state index in [0.717, 1.165) is 29.7 Å². The molecule has 0 aliphatic carbocycles. The van der Waals surface area contributed by atoms with Gasteiger partial charge in [-0.1, -0.05) is 42.5 Å². The Kier molecular flexibility index (Phi) is 3.52. The molecule has 1 amide bonds. The highest BCUT2D eigenvalue weighted by atomic mass is 16.1. The molecule has 0 saturated heterocycles. The molecule has 3 heteroatoms. The summed E-state index contributed by atoms with van der Waals surface area (Å²) in [6.45, 7) is 0. The molecule has 0 saturated carbocycles. The summed E-state index contributed by atoms with van der Waals surface area (Å²) < 4.78 is 0. The molecule has 3 nitrogen and oxygen atoms in total. The number of amides is 1. The van der Waals surface area contributed by atoms with Gasteiger partial charge in [0.15, 0.2) is 0 Å². The molecule has 0 spiro atoms. The average molecular weight is 266 g/mol. The Morgan fingerprint density at radius 3 is 2.75 bits per heavy atom. The standard InChI is InChI=1S/C17H18N2O/c18-15(8-6-12-4-2-1-3-5-12)13-7-9-16-14(10-13)11-17(20)19-16/h1-5,7,9-10,15H,6,8,11,18H2,(H,19,20). The number of nitrogens with one attached hydrogen (secondary N) is 1. The van der Waals surface area contributed by atoms with Crippen LogP contribution < -0.4 is 11.1 Å². The first-order valence-corrected chi connectivity index (χ1v) is 6.94. The van der Waals surface area contributed by atoms with Crippen molar-refractivity contribution >= 4 is 11.6 Å². The molecular formula is C17H18N2O. The topological polar surface area (TPSA) is 55.1 Å². The molecule has 0 radical (unpaired) electrons. The number of hydrogen-bond donors (Lipinski definition) is 2. The third-order valence-corrected chi connectivity index (χ3v) is 3.77. The Hall–Kier alpha value is -2.13. The van der Waals surface area contributed by atoms with E-state index in [4.69, 9.17) is 5.73 Å². The van der Waals surface area contributed by atoms with E-state index in [-0.39, 0.29) is 11.9 Å².